The van der Waals surface area contributed by atoms with Gasteiger partial charge in [-0.3, -0.25) is 14.6 Å². The van der Waals surface area contributed by atoms with Crippen LogP contribution in [0.4, 0.5) is 0 Å². The van der Waals surface area contributed by atoms with Crippen LogP contribution in [0, 0.1) is 0 Å². The molecule has 1 aromatic heterocycles. The van der Waals surface area contributed by atoms with E-state index in [-0.39, 0.29) is 11.3 Å². The average Bonchev–Trinajstić information content (AvgIpc) is 2.99. The van der Waals surface area contributed by atoms with Crippen molar-refractivity contribution in [3.8, 4) is 0 Å². The minimum absolute atomic E-state index is 0.123. The summed E-state index contributed by atoms with van der Waals surface area (Å²) in [5.74, 6) is 0.253. The van der Waals surface area contributed by atoms with Crippen molar-refractivity contribution in [1.82, 2.24) is 19.7 Å². The Kier molecular flexibility index (Phi) is 6.78. The van der Waals surface area contributed by atoms with Crippen molar-refractivity contribution < 1.29 is 4.79 Å². The number of rotatable bonds is 6. The van der Waals surface area contributed by atoms with Gasteiger partial charge < -0.3 is 4.90 Å². The molecule has 0 unspecified atom stereocenters. The van der Waals surface area contributed by atoms with Gasteiger partial charge in [-0.2, -0.15) is 0 Å². The average molecular weight is 353 g/mol. The summed E-state index contributed by atoms with van der Waals surface area (Å²) >= 11 is 1.76. The van der Waals surface area contributed by atoms with Gasteiger partial charge in [0.1, 0.15) is 5.01 Å². The van der Waals surface area contributed by atoms with Gasteiger partial charge in [-0.25, -0.2) is 4.98 Å². The number of hydrogen-bond donors (Lipinski definition) is 0. The Morgan fingerprint density at radius 2 is 1.75 bits per heavy atom. The second kappa shape index (κ2) is 8.41. The summed E-state index contributed by atoms with van der Waals surface area (Å²) in [7, 11) is 0. The Labute approximate surface area is 150 Å². The molecule has 1 aliphatic rings. The fourth-order valence-electron chi connectivity index (χ4n) is 2.89. The lowest BCUT2D eigenvalue weighted by Crippen LogP contribution is -2.49. The molecule has 1 fully saturated rings. The Hall–Kier alpha value is -0.980. The van der Waals surface area contributed by atoms with E-state index in [2.05, 4.69) is 36.0 Å². The SMILES string of the molecule is CCN(CC)C(=O)CN1CCN(Cc2nc(C(C)(C)C)cs2)CC1. The molecule has 0 bridgehead atoms. The highest BCUT2D eigenvalue weighted by Gasteiger charge is 2.22. The summed E-state index contributed by atoms with van der Waals surface area (Å²) in [6, 6.07) is 0. The first-order valence-electron chi connectivity index (χ1n) is 9.00. The molecular formula is C18H32N4OS. The van der Waals surface area contributed by atoms with Gasteiger partial charge in [-0.1, -0.05) is 20.8 Å². The van der Waals surface area contributed by atoms with E-state index in [0.717, 1.165) is 45.8 Å². The van der Waals surface area contributed by atoms with Crippen LogP contribution in [0.2, 0.25) is 0 Å². The third kappa shape index (κ3) is 5.26. The van der Waals surface area contributed by atoms with E-state index >= 15 is 0 Å². The molecule has 1 aromatic rings. The number of nitrogens with zero attached hydrogens (tertiary/aromatic N) is 4. The zero-order valence-electron chi connectivity index (χ0n) is 15.8. The third-order valence-electron chi connectivity index (χ3n) is 4.62. The topological polar surface area (TPSA) is 39.7 Å². The van der Waals surface area contributed by atoms with Crippen molar-refractivity contribution in [2.45, 2.75) is 46.6 Å². The highest BCUT2D eigenvalue weighted by Crippen LogP contribution is 2.24. The maximum atomic E-state index is 12.2. The molecule has 0 aromatic carbocycles. The van der Waals surface area contributed by atoms with Crippen LogP contribution in [0.15, 0.2) is 5.38 Å². The van der Waals surface area contributed by atoms with Gasteiger partial charge in [0.25, 0.3) is 0 Å². The van der Waals surface area contributed by atoms with Gasteiger partial charge in [0.15, 0.2) is 0 Å². The van der Waals surface area contributed by atoms with Crippen LogP contribution in [-0.2, 0) is 16.8 Å². The first-order chi connectivity index (χ1) is 11.3. The van der Waals surface area contributed by atoms with Gasteiger partial charge in [-0.15, -0.1) is 11.3 Å². The minimum atomic E-state index is 0.123. The lowest BCUT2D eigenvalue weighted by atomic mass is 9.93. The van der Waals surface area contributed by atoms with Crippen LogP contribution in [0.25, 0.3) is 0 Å². The smallest absolute Gasteiger partial charge is 0.236 e. The number of carbonyl (C=O) groups excluding carboxylic acids is 1. The normalized spacial score (nSPS) is 17.2. The van der Waals surface area contributed by atoms with Gasteiger partial charge in [0, 0.05) is 50.1 Å². The van der Waals surface area contributed by atoms with Crippen LogP contribution >= 0.6 is 11.3 Å². The number of hydrogen-bond acceptors (Lipinski definition) is 5. The summed E-state index contributed by atoms with van der Waals surface area (Å²) in [6.07, 6.45) is 0. The standard InChI is InChI=1S/C18H32N4OS/c1-6-22(7-2)17(23)13-21-10-8-20(9-11-21)12-16-19-15(14-24-16)18(3,4)5/h14H,6-13H2,1-5H3. The second-order valence-corrected chi connectivity index (χ2v) is 8.44. The Bertz CT molecular complexity index is 525. The van der Waals surface area contributed by atoms with E-state index in [1.54, 1.807) is 11.3 Å². The van der Waals surface area contributed by atoms with Gasteiger partial charge in [0.05, 0.1) is 18.8 Å². The van der Waals surface area contributed by atoms with E-state index in [9.17, 15) is 4.79 Å². The Balaban J connectivity index is 1.79. The quantitative estimate of drug-likeness (QED) is 0.788. The first-order valence-corrected chi connectivity index (χ1v) is 9.88. The molecule has 0 aliphatic carbocycles. The van der Waals surface area contributed by atoms with E-state index in [0.29, 0.717) is 6.54 Å². The summed E-state index contributed by atoms with van der Waals surface area (Å²) < 4.78 is 0. The van der Waals surface area contributed by atoms with Gasteiger partial charge in [-0.05, 0) is 13.8 Å². The monoisotopic (exact) mass is 352 g/mol. The molecule has 1 amide bonds. The molecule has 0 spiro atoms. The highest BCUT2D eigenvalue weighted by atomic mass is 32.1. The molecule has 1 aliphatic heterocycles. The molecule has 0 radical (unpaired) electrons. The summed E-state index contributed by atoms with van der Waals surface area (Å²) in [6.45, 7) is 17.7. The predicted molar refractivity (Wildman–Crippen MR) is 100 cm³/mol. The Morgan fingerprint density at radius 3 is 2.25 bits per heavy atom. The molecular weight excluding hydrogens is 320 g/mol. The molecule has 0 N–H and O–H groups in total. The highest BCUT2D eigenvalue weighted by molar-refractivity contribution is 7.09. The lowest BCUT2D eigenvalue weighted by Gasteiger charge is -2.34. The molecule has 5 nitrogen and oxygen atoms in total. The zero-order chi connectivity index (χ0) is 17.7. The molecule has 1 saturated heterocycles. The van der Waals surface area contributed by atoms with Crippen LogP contribution in [0.1, 0.15) is 45.3 Å². The van der Waals surface area contributed by atoms with Gasteiger partial charge >= 0.3 is 0 Å². The number of piperazine rings is 1. The number of thiazole rings is 1. The van der Waals surface area contributed by atoms with Crippen molar-refractivity contribution in [1.29, 1.82) is 0 Å². The summed E-state index contributed by atoms with van der Waals surface area (Å²) in [4.78, 5) is 23.6. The van der Waals surface area contributed by atoms with Crippen molar-refractivity contribution in [2.24, 2.45) is 0 Å². The molecule has 0 atom stereocenters. The molecule has 24 heavy (non-hydrogen) atoms. The third-order valence-corrected chi connectivity index (χ3v) is 5.45. The summed E-state index contributed by atoms with van der Waals surface area (Å²) in [5, 5.41) is 3.39. The van der Waals surface area contributed by atoms with Crippen LogP contribution in [0.5, 0.6) is 0 Å². The number of amides is 1. The van der Waals surface area contributed by atoms with Gasteiger partial charge in [0.2, 0.25) is 5.91 Å². The van der Waals surface area contributed by atoms with Crippen molar-refractivity contribution in [3.63, 3.8) is 0 Å². The van der Waals surface area contributed by atoms with E-state index in [4.69, 9.17) is 4.98 Å². The van der Waals surface area contributed by atoms with Crippen LogP contribution < -0.4 is 0 Å². The van der Waals surface area contributed by atoms with Crippen LogP contribution in [0.3, 0.4) is 0 Å². The number of likely N-dealkylation sites (N-methyl/N-ethyl adjacent to an activating group) is 1. The molecule has 6 heteroatoms. The molecule has 0 saturated carbocycles. The fourth-order valence-corrected chi connectivity index (χ4v) is 3.95. The fraction of sp³-hybridized carbons (Fsp3) is 0.778. The summed E-state index contributed by atoms with van der Waals surface area (Å²) in [5.41, 5.74) is 1.31. The van der Waals surface area contributed by atoms with Crippen molar-refractivity contribution in [2.75, 3.05) is 45.8 Å². The second-order valence-electron chi connectivity index (χ2n) is 7.49. The number of carbonyl (C=O) groups is 1. The molecule has 2 heterocycles. The van der Waals surface area contributed by atoms with Crippen molar-refractivity contribution in [3.05, 3.63) is 16.1 Å². The first kappa shape index (κ1) is 19.3. The maximum absolute atomic E-state index is 12.2. The van der Waals surface area contributed by atoms with E-state index < -0.39 is 0 Å². The Morgan fingerprint density at radius 1 is 1.17 bits per heavy atom. The maximum Gasteiger partial charge on any atom is 0.236 e. The number of aromatic nitrogens is 1. The van der Waals surface area contributed by atoms with E-state index in [1.165, 1.54) is 10.7 Å². The predicted octanol–water partition coefficient (Wildman–Crippen LogP) is 2.43. The van der Waals surface area contributed by atoms with Crippen molar-refractivity contribution >= 4 is 17.2 Å². The molecule has 2 rings (SSSR count). The molecule has 136 valence electrons. The zero-order valence-corrected chi connectivity index (χ0v) is 16.7. The lowest BCUT2D eigenvalue weighted by molar-refractivity contribution is -0.132. The minimum Gasteiger partial charge on any atom is -0.342 e. The largest absolute Gasteiger partial charge is 0.342 e. The van der Waals surface area contributed by atoms with E-state index in [1.807, 2.05) is 18.7 Å². The van der Waals surface area contributed by atoms with Crippen LogP contribution in [-0.4, -0.2) is 71.4 Å².